The number of carbonyl (C=O) groups excluding carboxylic acids is 1. The number of rotatable bonds is 8. The van der Waals surface area contributed by atoms with E-state index in [2.05, 4.69) is 0 Å². The van der Waals surface area contributed by atoms with Crippen LogP contribution in [0.25, 0.3) is 0 Å². The van der Waals surface area contributed by atoms with Crippen LogP contribution in [0.3, 0.4) is 0 Å². The predicted molar refractivity (Wildman–Crippen MR) is 83.3 cm³/mol. The summed E-state index contributed by atoms with van der Waals surface area (Å²) in [7, 11) is -1.32. The summed E-state index contributed by atoms with van der Waals surface area (Å²) in [5.74, 6) is -0.0723. The molecule has 0 aromatic heterocycles. The van der Waals surface area contributed by atoms with Gasteiger partial charge in [-0.05, 0) is 37.6 Å². The monoisotopic (exact) mass is 313 g/mol. The van der Waals surface area contributed by atoms with E-state index in [4.69, 9.17) is 4.74 Å². The fourth-order valence-corrected chi connectivity index (χ4v) is 3.24. The molecule has 0 saturated heterocycles. The lowest BCUT2D eigenvalue weighted by Crippen LogP contribution is -2.22. The largest absolute Gasteiger partial charge is 0.466 e. The molecule has 21 heavy (non-hydrogen) atoms. The normalized spacial score (nSPS) is 11.2. The quantitative estimate of drug-likeness (QED) is 0.689. The Morgan fingerprint density at radius 2 is 1.81 bits per heavy atom. The molecule has 0 saturated carbocycles. The van der Waals surface area contributed by atoms with Crippen molar-refractivity contribution in [3.8, 4) is 0 Å². The van der Waals surface area contributed by atoms with Crippen molar-refractivity contribution in [2.24, 2.45) is 0 Å². The fourth-order valence-electron chi connectivity index (χ4n) is 1.92. The third-order valence-corrected chi connectivity index (χ3v) is 5.00. The lowest BCUT2D eigenvalue weighted by atomic mass is 10.3. The number of anilines is 1. The molecule has 0 unspecified atom stereocenters. The van der Waals surface area contributed by atoms with Gasteiger partial charge in [0.15, 0.2) is 9.84 Å². The number of benzene rings is 1. The summed E-state index contributed by atoms with van der Waals surface area (Å²) in [5, 5.41) is 0. The van der Waals surface area contributed by atoms with Crippen molar-refractivity contribution in [3.63, 3.8) is 0 Å². The molecule has 1 aromatic rings. The first kappa shape index (κ1) is 17.5. The number of hydrogen-bond acceptors (Lipinski definition) is 5. The van der Waals surface area contributed by atoms with Crippen LogP contribution in [0.4, 0.5) is 5.69 Å². The van der Waals surface area contributed by atoms with E-state index in [0.717, 1.165) is 5.69 Å². The summed E-state index contributed by atoms with van der Waals surface area (Å²) in [5.41, 5.74) is 0.870. The highest BCUT2D eigenvalue weighted by atomic mass is 32.2. The molecule has 0 bridgehead atoms. The van der Waals surface area contributed by atoms with Gasteiger partial charge < -0.3 is 9.64 Å². The molecule has 0 fully saturated rings. The summed E-state index contributed by atoms with van der Waals surface area (Å²) < 4.78 is 28.7. The Hall–Kier alpha value is -1.56. The van der Waals surface area contributed by atoms with Gasteiger partial charge >= 0.3 is 5.97 Å². The van der Waals surface area contributed by atoms with E-state index in [1.807, 2.05) is 18.9 Å². The highest BCUT2D eigenvalue weighted by molar-refractivity contribution is 7.91. The fraction of sp³-hybridized carbons (Fsp3) is 0.533. The van der Waals surface area contributed by atoms with Gasteiger partial charge in [-0.15, -0.1) is 0 Å². The first-order valence-corrected chi connectivity index (χ1v) is 8.75. The van der Waals surface area contributed by atoms with Crippen LogP contribution in [0.2, 0.25) is 0 Å². The van der Waals surface area contributed by atoms with Gasteiger partial charge in [-0.3, -0.25) is 4.79 Å². The molecule has 0 radical (unpaired) electrons. The van der Waals surface area contributed by atoms with Gasteiger partial charge in [-0.2, -0.15) is 0 Å². The predicted octanol–water partition coefficient (Wildman–Crippen LogP) is 2.26. The molecular formula is C15H23NO4S. The van der Waals surface area contributed by atoms with E-state index in [-0.39, 0.29) is 11.7 Å². The summed E-state index contributed by atoms with van der Waals surface area (Å²) in [6.07, 6.45) is 0.907. The number of sulfone groups is 1. The molecular weight excluding hydrogens is 290 g/mol. The summed E-state index contributed by atoms with van der Waals surface area (Å²) >= 11 is 0. The van der Waals surface area contributed by atoms with E-state index >= 15 is 0 Å². The molecule has 118 valence electrons. The van der Waals surface area contributed by atoms with Crippen LogP contribution in [0.5, 0.6) is 0 Å². The number of esters is 1. The summed E-state index contributed by atoms with van der Waals surface area (Å²) in [6, 6.07) is 6.74. The molecule has 5 nitrogen and oxygen atoms in total. The summed E-state index contributed by atoms with van der Waals surface area (Å²) in [6.45, 7) is 4.53. The van der Waals surface area contributed by atoms with Crippen LogP contribution < -0.4 is 4.90 Å². The molecule has 0 aliphatic rings. The minimum absolute atomic E-state index is 0.158. The van der Waals surface area contributed by atoms with E-state index in [1.54, 1.807) is 31.2 Å². The Labute approximate surface area is 126 Å². The van der Waals surface area contributed by atoms with Crippen molar-refractivity contribution in [1.29, 1.82) is 0 Å². The smallest absolute Gasteiger partial charge is 0.307 e. The van der Waals surface area contributed by atoms with Crippen molar-refractivity contribution in [1.82, 2.24) is 0 Å². The van der Waals surface area contributed by atoms with Gasteiger partial charge in [0, 0.05) is 19.3 Å². The Morgan fingerprint density at radius 1 is 1.19 bits per heavy atom. The van der Waals surface area contributed by atoms with Gasteiger partial charge in [0.25, 0.3) is 0 Å². The Morgan fingerprint density at radius 3 is 2.33 bits per heavy atom. The first-order chi connectivity index (χ1) is 9.90. The van der Waals surface area contributed by atoms with Crippen molar-refractivity contribution in [2.45, 2.75) is 31.6 Å². The van der Waals surface area contributed by atoms with E-state index < -0.39 is 9.84 Å². The SMILES string of the molecule is CCCS(=O)(=O)c1ccc(N(C)CCC(=O)OCC)cc1. The Balaban J connectivity index is 2.67. The summed E-state index contributed by atoms with van der Waals surface area (Å²) in [4.78, 5) is 13.5. The molecule has 1 rings (SSSR count). The number of carbonyl (C=O) groups is 1. The molecule has 0 atom stereocenters. The van der Waals surface area contributed by atoms with Crippen molar-refractivity contribution < 1.29 is 17.9 Å². The van der Waals surface area contributed by atoms with Crippen LogP contribution in [-0.2, 0) is 19.4 Å². The van der Waals surface area contributed by atoms with Crippen LogP contribution in [0, 0.1) is 0 Å². The van der Waals surface area contributed by atoms with E-state index in [1.165, 1.54) is 0 Å². The zero-order chi connectivity index (χ0) is 15.9. The minimum atomic E-state index is -3.18. The van der Waals surface area contributed by atoms with Crippen LogP contribution in [0.1, 0.15) is 26.7 Å². The third-order valence-electron chi connectivity index (χ3n) is 3.07. The van der Waals surface area contributed by atoms with Crippen molar-refractivity contribution in [2.75, 3.05) is 30.9 Å². The second-order valence-corrected chi connectivity index (χ2v) is 6.90. The number of hydrogen-bond donors (Lipinski definition) is 0. The average Bonchev–Trinajstić information content (AvgIpc) is 2.45. The molecule has 0 aliphatic carbocycles. The molecule has 6 heteroatoms. The zero-order valence-corrected chi connectivity index (χ0v) is 13.6. The maximum absolute atomic E-state index is 11.9. The Bertz CT molecular complexity index is 552. The second kappa shape index (κ2) is 8.02. The average molecular weight is 313 g/mol. The third kappa shape index (κ3) is 5.38. The van der Waals surface area contributed by atoms with Gasteiger partial charge in [0.2, 0.25) is 0 Å². The molecule has 0 spiro atoms. The lowest BCUT2D eigenvalue weighted by molar-refractivity contribution is -0.142. The van der Waals surface area contributed by atoms with Gasteiger partial charge in [-0.1, -0.05) is 6.92 Å². The first-order valence-electron chi connectivity index (χ1n) is 7.10. The lowest BCUT2D eigenvalue weighted by Gasteiger charge is -2.19. The maximum Gasteiger partial charge on any atom is 0.307 e. The molecule has 1 aromatic carbocycles. The second-order valence-electron chi connectivity index (χ2n) is 4.79. The topological polar surface area (TPSA) is 63.7 Å². The van der Waals surface area contributed by atoms with Crippen molar-refractivity contribution >= 4 is 21.5 Å². The number of nitrogens with zero attached hydrogens (tertiary/aromatic N) is 1. The zero-order valence-electron chi connectivity index (χ0n) is 12.8. The number of ether oxygens (including phenoxy) is 1. The molecule has 0 heterocycles. The van der Waals surface area contributed by atoms with E-state index in [9.17, 15) is 13.2 Å². The van der Waals surface area contributed by atoms with Gasteiger partial charge in [0.1, 0.15) is 0 Å². The van der Waals surface area contributed by atoms with Crippen LogP contribution in [-0.4, -0.2) is 40.3 Å². The molecule has 0 aliphatic heterocycles. The maximum atomic E-state index is 11.9. The minimum Gasteiger partial charge on any atom is -0.466 e. The van der Waals surface area contributed by atoms with Crippen LogP contribution in [0.15, 0.2) is 29.2 Å². The molecule has 0 N–H and O–H groups in total. The van der Waals surface area contributed by atoms with Crippen molar-refractivity contribution in [3.05, 3.63) is 24.3 Å². The Kier molecular flexibility index (Phi) is 6.68. The van der Waals surface area contributed by atoms with E-state index in [0.29, 0.717) is 30.9 Å². The van der Waals surface area contributed by atoms with Crippen LogP contribution >= 0.6 is 0 Å². The standard InChI is InChI=1S/C15H23NO4S/c1-4-12-21(18,19)14-8-6-13(7-9-14)16(3)11-10-15(17)20-5-2/h6-9H,4-5,10-12H2,1-3H3. The van der Waals surface area contributed by atoms with Gasteiger partial charge in [0.05, 0.1) is 23.7 Å². The highest BCUT2D eigenvalue weighted by Crippen LogP contribution is 2.18. The highest BCUT2D eigenvalue weighted by Gasteiger charge is 2.13. The molecule has 0 amide bonds. The van der Waals surface area contributed by atoms with Gasteiger partial charge in [-0.25, -0.2) is 8.42 Å².